The number of alkyl halides is 2. The van der Waals surface area contributed by atoms with Gasteiger partial charge in [-0.3, -0.25) is 24.0 Å². The highest BCUT2D eigenvalue weighted by atomic mass is 35.5. The van der Waals surface area contributed by atoms with E-state index in [0.717, 1.165) is 70.6 Å². The number of carbonyl (C=O) groups excluding carboxylic acids is 5. The molecule has 3 aliphatic heterocycles. The van der Waals surface area contributed by atoms with Gasteiger partial charge in [-0.15, -0.1) is 45.9 Å². The van der Waals surface area contributed by atoms with Gasteiger partial charge in [0.2, 0.25) is 0 Å². The summed E-state index contributed by atoms with van der Waals surface area (Å²) in [6.45, 7) is 12.5. The van der Waals surface area contributed by atoms with E-state index in [0.29, 0.717) is 88.0 Å². The Bertz CT molecular complexity index is 3650. The zero-order chi connectivity index (χ0) is 61.0. The molecule has 0 radical (unpaired) electrons. The first kappa shape index (κ1) is 66.3. The quantitative estimate of drug-likeness (QED) is 0.0628. The Morgan fingerprint density at radius 2 is 1.10 bits per heavy atom. The third-order valence-corrected chi connectivity index (χ3v) is 15.8. The highest BCUT2D eigenvalue weighted by Gasteiger charge is 2.23. The van der Waals surface area contributed by atoms with Gasteiger partial charge in [0.15, 0.2) is 12.6 Å². The second-order valence-electron chi connectivity index (χ2n) is 19.3. The van der Waals surface area contributed by atoms with Gasteiger partial charge in [-0.25, -0.2) is 19.6 Å². The van der Waals surface area contributed by atoms with Gasteiger partial charge in [0.1, 0.15) is 43.9 Å². The molecule has 11 rings (SSSR count). The van der Waals surface area contributed by atoms with Crippen LogP contribution < -0.4 is 10.9 Å². The van der Waals surface area contributed by atoms with Crippen molar-refractivity contribution in [2.75, 3.05) is 105 Å². The molecule has 0 bridgehead atoms. The Kier molecular flexibility index (Phi) is 25.6. The number of rotatable bonds is 8. The Balaban J connectivity index is 0.000000180. The number of thiazole rings is 2. The van der Waals surface area contributed by atoms with E-state index in [1.165, 1.54) is 60.0 Å². The van der Waals surface area contributed by atoms with Gasteiger partial charge < -0.3 is 49.6 Å². The Morgan fingerprint density at radius 3 is 1.55 bits per heavy atom. The fourth-order valence-corrected chi connectivity index (χ4v) is 11.0. The van der Waals surface area contributed by atoms with Crippen molar-refractivity contribution in [1.29, 1.82) is 0 Å². The first-order valence-electron chi connectivity index (χ1n) is 26.2. The molecular weight excluding hydrogens is 1200 g/mol. The van der Waals surface area contributed by atoms with Crippen LogP contribution >= 0.6 is 69.1 Å². The summed E-state index contributed by atoms with van der Waals surface area (Å²) < 4.78 is 7.51. The molecule has 19 nitrogen and oxygen atoms in total. The molecule has 0 spiro atoms. The number of phenols is 2. The van der Waals surface area contributed by atoms with Gasteiger partial charge in [-0.2, -0.15) is 0 Å². The number of phenolic OH excluding ortho intramolecular Hbond substituents is 2. The maximum Gasteiger partial charge on any atom is 0.346 e. The number of aldehydes is 2. The van der Waals surface area contributed by atoms with Crippen LogP contribution in [0.5, 0.6) is 11.5 Å². The van der Waals surface area contributed by atoms with E-state index in [1.807, 2.05) is 49.3 Å². The molecule has 84 heavy (non-hydrogen) atoms. The van der Waals surface area contributed by atoms with E-state index < -0.39 is 11.6 Å². The highest BCUT2D eigenvalue weighted by molar-refractivity contribution is 7.21. The predicted octanol–water partition coefficient (Wildman–Crippen LogP) is 9.63. The zero-order valence-corrected chi connectivity index (χ0v) is 51.0. The molecule has 444 valence electrons. The summed E-state index contributed by atoms with van der Waals surface area (Å²) in [4.78, 5) is 98.8. The van der Waals surface area contributed by atoms with Crippen LogP contribution in [0.3, 0.4) is 0 Å². The predicted molar refractivity (Wildman–Crippen MR) is 333 cm³/mol. The molecule has 0 aliphatic carbocycles. The van der Waals surface area contributed by atoms with Crippen molar-refractivity contribution in [3.63, 3.8) is 0 Å². The summed E-state index contributed by atoms with van der Waals surface area (Å²) in [6, 6.07) is 26.1. The van der Waals surface area contributed by atoms with E-state index in [9.17, 15) is 38.7 Å². The van der Waals surface area contributed by atoms with E-state index in [-0.39, 0.29) is 51.1 Å². The van der Waals surface area contributed by atoms with Crippen molar-refractivity contribution < 1.29 is 48.5 Å². The van der Waals surface area contributed by atoms with Crippen molar-refractivity contribution in [2.45, 2.75) is 13.3 Å². The number of carbonyl (C=O) groups is 6. The molecule has 0 unspecified atom stereocenters. The Labute approximate surface area is 512 Å². The molecule has 3 aromatic heterocycles. The second kappa shape index (κ2) is 32.4. The first-order chi connectivity index (χ1) is 40.2. The van der Waals surface area contributed by atoms with Gasteiger partial charge in [0.25, 0.3) is 11.8 Å². The van der Waals surface area contributed by atoms with Crippen molar-refractivity contribution in [3.8, 4) is 22.1 Å². The number of nitrogens with zero attached hydrogens (tertiary/aromatic N) is 7. The number of fused-ring (bicyclic) bond motifs is 3. The zero-order valence-electron chi connectivity index (χ0n) is 46.4. The molecule has 3 saturated heterocycles. The van der Waals surface area contributed by atoms with Crippen LogP contribution in [0.2, 0.25) is 10.0 Å². The Morgan fingerprint density at radius 1 is 0.631 bits per heavy atom. The molecule has 3 fully saturated rings. The number of benzene rings is 5. The minimum Gasteiger partial charge on any atom is -0.507 e. The number of carboxylic acid groups (broad SMARTS) is 1. The number of ketones is 1. The molecule has 3 aliphatic rings. The van der Waals surface area contributed by atoms with Crippen molar-refractivity contribution >= 4 is 137 Å². The minimum absolute atomic E-state index is 0.0434. The second-order valence-corrected chi connectivity index (χ2v) is 23.1. The van der Waals surface area contributed by atoms with E-state index >= 15 is 0 Å². The van der Waals surface area contributed by atoms with Gasteiger partial charge >= 0.3 is 11.6 Å². The molecular formula is C59H62Cl4N8O11S2. The number of aromatic nitrogens is 2. The number of aromatic carboxylic acids is 1. The number of piperazine rings is 3. The summed E-state index contributed by atoms with van der Waals surface area (Å²) in [5.41, 5.74) is 2.95. The SMILES string of the molecule is CC(=O)Cc1nc2c(Cl)cccc2s1.CN1CCN(C(=O)c2ccc(C=O)c(O)c2)CC1.CN1CCN(C(=O)c2ccc3cc(-c4nc5c(Cl)cccc5s4)c(=O)oc3c2)CC1.CN1CCNCC1.ClCCl.O=Cc1ccc(C(=O)O)cc1O. The van der Waals surface area contributed by atoms with E-state index in [1.54, 1.807) is 48.2 Å². The largest absolute Gasteiger partial charge is 0.507 e. The summed E-state index contributed by atoms with van der Waals surface area (Å²) in [5.74, 6) is -1.62. The molecule has 25 heteroatoms. The van der Waals surface area contributed by atoms with E-state index in [2.05, 4.69) is 37.0 Å². The third kappa shape index (κ3) is 18.8. The minimum atomic E-state index is -1.14. The van der Waals surface area contributed by atoms with Gasteiger partial charge in [0.05, 0.1) is 53.5 Å². The number of hydrogen-bond donors (Lipinski definition) is 4. The lowest BCUT2D eigenvalue weighted by Crippen LogP contribution is -2.47. The molecule has 6 heterocycles. The number of amides is 2. The highest BCUT2D eigenvalue weighted by Crippen LogP contribution is 2.34. The van der Waals surface area contributed by atoms with Crippen LogP contribution in [-0.4, -0.2) is 191 Å². The summed E-state index contributed by atoms with van der Waals surface area (Å²) in [7, 11) is 6.22. The van der Waals surface area contributed by atoms with Crippen LogP contribution in [0.4, 0.5) is 0 Å². The lowest BCUT2D eigenvalue weighted by molar-refractivity contribution is -0.116. The summed E-state index contributed by atoms with van der Waals surface area (Å²) in [5, 5.41) is 33.9. The topological polar surface area (TPSA) is 247 Å². The fraction of sp³-hybridized carbons (Fsp3) is 0.305. The number of halogens is 4. The monoisotopic (exact) mass is 1260 g/mol. The average molecular weight is 1270 g/mol. The molecule has 5 aromatic carbocycles. The number of para-hydroxylation sites is 2. The van der Waals surface area contributed by atoms with Gasteiger partial charge in [-0.05, 0) is 107 Å². The lowest BCUT2D eigenvalue weighted by atomic mass is 10.1. The standard InChI is InChI=1S/C22H18ClN3O3S.C13H16N2O3.C10H8ClNOS.C8H6O4.C5H12N2.CH2Cl2/c1-25-7-9-26(10-8-25)21(27)14-6-5-13-11-15(22(28)29-17(13)12-14)20-24-19-16(23)3-2-4-18(19)30-20;1-14-4-6-15(7-5-14)13(18)10-2-3-11(9-16)12(17)8-10;1-6(13)5-9-12-10-7(11)3-2-4-8(10)14-9;9-4-6-2-1-5(8(11)12)3-7(6)10;1-7-4-2-6-3-5-7;2-1-3/h2-6,11-12H,7-10H2,1H3;2-3,8-9,17H,4-7H2,1H3;2-4H,5H2,1H3;1-4,10H,(H,11,12);6H,2-5H2,1H3;1H2. The van der Waals surface area contributed by atoms with Crippen LogP contribution in [0.25, 0.3) is 42.0 Å². The number of aromatic hydroxyl groups is 2. The summed E-state index contributed by atoms with van der Waals surface area (Å²) >= 11 is 24.6. The molecule has 0 saturated carbocycles. The smallest absolute Gasteiger partial charge is 0.346 e. The number of likely N-dealkylation sites (N-methyl/N-ethyl adjacent to an activating group) is 3. The third-order valence-electron chi connectivity index (χ3n) is 13.1. The molecule has 8 aromatic rings. The maximum absolute atomic E-state index is 12.8. The van der Waals surface area contributed by atoms with Gasteiger partial charge in [0, 0.05) is 95.1 Å². The number of Topliss-reactive ketones (excluding diaryl/α,β-unsaturated/α-hetero) is 1. The van der Waals surface area contributed by atoms with Gasteiger partial charge in [-0.1, -0.05) is 41.4 Å². The van der Waals surface area contributed by atoms with Crippen molar-refractivity contribution in [3.05, 3.63) is 150 Å². The van der Waals surface area contributed by atoms with Crippen molar-refractivity contribution in [1.82, 2.24) is 39.8 Å². The van der Waals surface area contributed by atoms with Crippen LogP contribution in [-0.2, 0) is 11.2 Å². The molecule has 2 amide bonds. The van der Waals surface area contributed by atoms with E-state index in [4.69, 9.17) is 61.0 Å². The average Bonchev–Trinajstić information content (AvgIpc) is 3.20. The molecule has 0 atom stereocenters. The number of nitrogens with one attached hydrogen (secondary N) is 1. The fourth-order valence-electron chi connectivity index (χ4n) is 8.39. The number of carboxylic acids is 1. The van der Waals surface area contributed by atoms with Crippen molar-refractivity contribution in [2.24, 2.45) is 0 Å². The summed E-state index contributed by atoms with van der Waals surface area (Å²) in [6.07, 6.45) is 1.43. The normalized spacial score (nSPS) is 14.4. The van der Waals surface area contributed by atoms with Crippen LogP contribution in [0.15, 0.2) is 106 Å². The maximum atomic E-state index is 12.8. The lowest BCUT2D eigenvalue weighted by Gasteiger charge is -2.32. The van der Waals surface area contributed by atoms with Crippen LogP contribution in [0, 0.1) is 0 Å². The Hall–Kier alpha value is -6.89. The molecule has 4 N–H and O–H groups in total. The first-order valence-corrected chi connectivity index (χ1v) is 29.6. The number of hydrogen-bond acceptors (Lipinski definition) is 18. The van der Waals surface area contributed by atoms with Crippen LogP contribution in [0.1, 0.15) is 63.7 Å².